The fourth-order valence-corrected chi connectivity index (χ4v) is 3.62. The Kier molecular flexibility index (Phi) is 6.35. The van der Waals surface area contributed by atoms with Crippen molar-refractivity contribution in [2.24, 2.45) is 0 Å². The molecule has 2 aromatic heterocycles. The number of nitrogens with one attached hydrogen (secondary N) is 1. The number of esters is 1. The van der Waals surface area contributed by atoms with Crippen molar-refractivity contribution < 1.29 is 14.3 Å². The molecule has 0 saturated carbocycles. The third kappa shape index (κ3) is 5.15. The maximum atomic E-state index is 12.5. The van der Waals surface area contributed by atoms with E-state index in [2.05, 4.69) is 5.32 Å². The lowest BCUT2D eigenvalue weighted by Crippen LogP contribution is -2.28. The third-order valence-corrected chi connectivity index (χ3v) is 5.23. The number of thiophene rings is 2. The predicted octanol–water partition coefficient (Wildman–Crippen LogP) is 4.21. The Morgan fingerprint density at radius 2 is 1.73 bits per heavy atom. The van der Waals surface area contributed by atoms with Crippen LogP contribution >= 0.6 is 22.7 Å². The molecule has 2 heterocycles. The van der Waals surface area contributed by atoms with E-state index in [1.807, 2.05) is 65.4 Å². The van der Waals surface area contributed by atoms with Crippen LogP contribution < -0.4 is 5.32 Å². The van der Waals surface area contributed by atoms with E-state index in [4.69, 9.17) is 4.74 Å². The molecule has 0 aliphatic rings. The molecular formula is C20H17NO3S2. The SMILES string of the molecule is O=C(COC(=O)/C(=C/c1cccs1)c1cccs1)NCc1ccccc1. The molecule has 0 aliphatic carbocycles. The number of rotatable bonds is 7. The first kappa shape index (κ1) is 18.1. The molecule has 6 heteroatoms. The zero-order valence-electron chi connectivity index (χ0n) is 13.9. The molecule has 132 valence electrons. The summed E-state index contributed by atoms with van der Waals surface area (Å²) in [6, 6.07) is 17.2. The van der Waals surface area contributed by atoms with Crippen molar-refractivity contribution in [2.45, 2.75) is 6.54 Å². The van der Waals surface area contributed by atoms with Gasteiger partial charge in [0, 0.05) is 16.3 Å². The maximum Gasteiger partial charge on any atom is 0.340 e. The van der Waals surface area contributed by atoms with Crippen LogP contribution in [0.1, 0.15) is 15.3 Å². The molecule has 1 amide bonds. The lowest BCUT2D eigenvalue weighted by atomic mass is 10.2. The van der Waals surface area contributed by atoms with Gasteiger partial charge < -0.3 is 10.1 Å². The summed E-state index contributed by atoms with van der Waals surface area (Å²) in [6.07, 6.45) is 1.79. The van der Waals surface area contributed by atoms with Crippen molar-refractivity contribution in [2.75, 3.05) is 6.61 Å². The lowest BCUT2D eigenvalue weighted by Gasteiger charge is -2.08. The summed E-state index contributed by atoms with van der Waals surface area (Å²) in [7, 11) is 0. The number of carbonyl (C=O) groups is 2. The first-order chi connectivity index (χ1) is 12.7. The fraction of sp³-hybridized carbons (Fsp3) is 0.100. The van der Waals surface area contributed by atoms with E-state index in [-0.39, 0.29) is 12.5 Å². The van der Waals surface area contributed by atoms with Gasteiger partial charge in [0.25, 0.3) is 5.91 Å². The standard InChI is InChI=1S/C20H17NO3S2/c22-19(21-13-15-6-2-1-3-7-15)14-24-20(23)17(18-9-5-11-26-18)12-16-8-4-10-25-16/h1-12H,13-14H2,(H,21,22)/b17-12+. The lowest BCUT2D eigenvalue weighted by molar-refractivity contribution is -0.142. The van der Waals surface area contributed by atoms with Crippen molar-refractivity contribution in [3.8, 4) is 0 Å². The molecule has 0 spiro atoms. The van der Waals surface area contributed by atoms with Crippen molar-refractivity contribution in [1.82, 2.24) is 5.32 Å². The first-order valence-corrected chi connectivity index (χ1v) is 9.75. The summed E-state index contributed by atoms with van der Waals surface area (Å²) >= 11 is 3.00. The van der Waals surface area contributed by atoms with Crippen molar-refractivity contribution in [3.05, 3.63) is 80.7 Å². The van der Waals surface area contributed by atoms with Crippen LogP contribution in [0.2, 0.25) is 0 Å². The maximum absolute atomic E-state index is 12.5. The average molecular weight is 383 g/mol. The minimum Gasteiger partial charge on any atom is -0.452 e. The average Bonchev–Trinajstić information content (AvgIpc) is 3.37. The van der Waals surface area contributed by atoms with Gasteiger partial charge in [-0.1, -0.05) is 42.5 Å². The zero-order valence-corrected chi connectivity index (χ0v) is 15.5. The summed E-state index contributed by atoms with van der Waals surface area (Å²) in [6.45, 7) is 0.0961. The molecule has 0 fully saturated rings. The second-order valence-corrected chi connectivity index (χ2v) is 7.32. The highest BCUT2D eigenvalue weighted by Gasteiger charge is 2.16. The Morgan fingerprint density at radius 3 is 2.42 bits per heavy atom. The van der Waals surface area contributed by atoms with Crippen molar-refractivity contribution in [3.63, 3.8) is 0 Å². The molecule has 0 saturated heterocycles. The summed E-state index contributed by atoms with van der Waals surface area (Å²) in [5.41, 5.74) is 1.45. The van der Waals surface area contributed by atoms with Crippen molar-refractivity contribution >= 4 is 46.2 Å². The Hall–Kier alpha value is -2.70. The van der Waals surface area contributed by atoms with Crippen LogP contribution in [0.4, 0.5) is 0 Å². The minimum atomic E-state index is -0.504. The van der Waals surface area contributed by atoms with E-state index < -0.39 is 5.97 Å². The molecule has 26 heavy (non-hydrogen) atoms. The summed E-state index contributed by atoms with van der Waals surface area (Å²) < 4.78 is 5.22. The van der Waals surface area contributed by atoms with Crippen molar-refractivity contribution in [1.29, 1.82) is 0 Å². The second kappa shape index (κ2) is 9.12. The minimum absolute atomic E-state index is 0.307. The van der Waals surface area contributed by atoms with Gasteiger partial charge in [-0.3, -0.25) is 4.79 Å². The largest absolute Gasteiger partial charge is 0.452 e. The Balaban J connectivity index is 1.59. The van der Waals surface area contributed by atoms with E-state index in [0.717, 1.165) is 15.3 Å². The molecule has 0 radical (unpaired) electrons. The number of amides is 1. The molecular weight excluding hydrogens is 366 g/mol. The number of benzene rings is 1. The molecule has 0 bridgehead atoms. The molecule has 0 atom stereocenters. The number of hydrogen-bond acceptors (Lipinski definition) is 5. The van der Waals surface area contributed by atoms with E-state index in [0.29, 0.717) is 12.1 Å². The number of carbonyl (C=O) groups excluding carboxylic acids is 2. The van der Waals surface area contributed by atoms with Crippen LogP contribution in [0, 0.1) is 0 Å². The van der Waals surface area contributed by atoms with Gasteiger partial charge in [0.15, 0.2) is 6.61 Å². The zero-order chi connectivity index (χ0) is 18.2. The van der Waals surface area contributed by atoms with Gasteiger partial charge in [0.2, 0.25) is 0 Å². The highest BCUT2D eigenvalue weighted by atomic mass is 32.1. The van der Waals surface area contributed by atoms with Crippen LogP contribution in [0.15, 0.2) is 65.4 Å². The predicted molar refractivity (Wildman–Crippen MR) is 106 cm³/mol. The molecule has 4 nitrogen and oxygen atoms in total. The van der Waals surface area contributed by atoms with Crippen LogP contribution in [-0.2, 0) is 20.9 Å². The van der Waals surface area contributed by atoms with Crippen LogP contribution in [0.5, 0.6) is 0 Å². The van der Waals surface area contributed by atoms with Gasteiger partial charge in [-0.25, -0.2) is 4.79 Å². The van der Waals surface area contributed by atoms with E-state index in [1.54, 1.807) is 6.08 Å². The molecule has 3 rings (SSSR count). The van der Waals surface area contributed by atoms with Gasteiger partial charge in [0.05, 0.1) is 5.57 Å². The van der Waals surface area contributed by atoms with Crippen LogP contribution in [0.3, 0.4) is 0 Å². The van der Waals surface area contributed by atoms with Gasteiger partial charge in [-0.15, -0.1) is 22.7 Å². The third-order valence-electron chi connectivity index (χ3n) is 3.50. The Morgan fingerprint density at radius 1 is 0.962 bits per heavy atom. The highest BCUT2D eigenvalue weighted by Crippen LogP contribution is 2.25. The summed E-state index contributed by atoms with van der Waals surface area (Å²) in [4.78, 5) is 26.2. The number of ether oxygens (including phenoxy) is 1. The van der Waals surface area contributed by atoms with Crippen LogP contribution in [-0.4, -0.2) is 18.5 Å². The summed E-state index contributed by atoms with van der Waals surface area (Å²) in [5, 5.41) is 6.59. The van der Waals surface area contributed by atoms with Gasteiger partial charge >= 0.3 is 5.97 Å². The smallest absolute Gasteiger partial charge is 0.340 e. The van der Waals surface area contributed by atoms with Crippen LogP contribution in [0.25, 0.3) is 11.6 Å². The topological polar surface area (TPSA) is 55.4 Å². The number of hydrogen-bond donors (Lipinski definition) is 1. The molecule has 3 aromatic rings. The molecule has 1 N–H and O–H groups in total. The molecule has 0 aliphatic heterocycles. The molecule has 0 unspecified atom stereocenters. The monoisotopic (exact) mass is 383 g/mol. The quantitative estimate of drug-likeness (QED) is 0.491. The van der Waals surface area contributed by atoms with Gasteiger partial charge in [-0.2, -0.15) is 0 Å². The van der Waals surface area contributed by atoms with Gasteiger partial charge in [0.1, 0.15) is 0 Å². The second-order valence-electron chi connectivity index (χ2n) is 5.39. The molecule has 1 aromatic carbocycles. The summed E-state index contributed by atoms with van der Waals surface area (Å²) in [5.74, 6) is -0.834. The highest BCUT2D eigenvalue weighted by molar-refractivity contribution is 7.12. The normalized spacial score (nSPS) is 11.2. The Labute approximate surface area is 159 Å². The van der Waals surface area contributed by atoms with E-state index >= 15 is 0 Å². The van der Waals surface area contributed by atoms with E-state index in [1.165, 1.54) is 22.7 Å². The Bertz CT molecular complexity index is 869. The fourth-order valence-electron chi connectivity index (χ4n) is 2.23. The van der Waals surface area contributed by atoms with Gasteiger partial charge in [-0.05, 0) is 34.5 Å². The van der Waals surface area contributed by atoms with E-state index in [9.17, 15) is 9.59 Å². The first-order valence-electron chi connectivity index (χ1n) is 7.99.